The molecule has 0 aliphatic carbocycles. The minimum atomic E-state index is -1.18. The molecule has 0 saturated carbocycles. The van der Waals surface area contributed by atoms with E-state index in [1.54, 1.807) is 57.3 Å². The number of H-pyrrole nitrogens is 1. The van der Waals surface area contributed by atoms with Crippen molar-refractivity contribution in [1.29, 1.82) is 0 Å². The van der Waals surface area contributed by atoms with Crippen LogP contribution in [0.4, 0.5) is 4.79 Å². The molecule has 0 aliphatic heterocycles. The van der Waals surface area contributed by atoms with Crippen LogP contribution in [0.3, 0.4) is 0 Å². The molecule has 3 rings (SSSR count). The number of ether oxygens (including phenoxy) is 2. The number of hydrogen-bond donors (Lipinski definition) is 7. The monoisotopic (exact) mass is 781 g/mol. The van der Waals surface area contributed by atoms with Crippen LogP contribution < -0.4 is 32.3 Å². The fourth-order valence-corrected chi connectivity index (χ4v) is 5.97. The number of methoxy groups -OCH3 is 1. The minimum absolute atomic E-state index is 0.0469. The van der Waals surface area contributed by atoms with Crippen LogP contribution in [0.15, 0.2) is 60.8 Å². The normalized spacial score (nSPS) is 13.3. The molecule has 55 heavy (non-hydrogen) atoms. The molecule has 4 unspecified atom stereocenters. The van der Waals surface area contributed by atoms with Gasteiger partial charge in [-0.1, -0.05) is 48.5 Å². The number of benzene rings is 2. The zero-order chi connectivity index (χ0) is 40.5. The van der Waals surface area contributed by atoms with E-state index in [0.717, 1.165) is 23.6 Å². The molecule has 0 fully saturated rings. The highest BCUT2D eigenvalue weighted by Crippen LogP contribution is 2.20. The number of carbonyl (C=O) groups is 7. The van der Waals surface area contributed by atoms with Crippen molar-refractivity contribution in [2.45, 2.75) is 82.6 Å². The summed E-state index contributed by atoms with van der Waals surface area (Å²) >= 11 is 1.43. The van der Waals surface area contributed by atoms with Gasteiger partial charge in [0, 0.05) is 36.4 Å². The number of carbonyl (C=O) groups excluding carboxylic acids is 7. The summed E-state index contributed by atoms with van der Waals surface area (Å²) < 4.78 is 10.2. The van der Waals surface area contributed by atoms with E-state index in [9.17, 15) is 33.6 Å². The molecule has 17 heteroatoms. The smallest absolute Gasteiger partial charge is 0.408 e. The van der Waals surface area contributed by atoms with Gasteiger partial charge in [-0.3, -0.25) is 24.0 Å². The second-order valence-corrected chi connectivity index (χ2v) is 14.7. The average Bonchev–Trinajstić information content (AvgIpc) is 3.55. The first-order chi connectivity index (χ1) is 26.1. The lowest BCUT2D eigenvalue weighted by atomic mass is 10.0. The molecule has 3 aromatic rings. The molecule has 16 nitrogen and oxygen atoms in total. The third-order valence-corrected chi connectivity index (χ3v) is 8.83. The second-order valence-electron chi connectivity index (χ2n) is 13.7. The quantitative estimate of drug-likeness (QED) is 0.0818. The summed E-state index contributed by atoms with van der Waals surface area (Å²) in [4.78, 5) is 93.6. The molecule has 298 valence electrons. The molecule has 0 aliphatic rings. The van der Waals surface area contributed by atoms with Crippen LogP contribution in [-0.4, -0.2) is 102 Å². The number of aromatic amines is 1. The number of thioether (sulfide) groups is 1. The van der Waals surface area contributed by atoms with Crippen molar-refractivity contribution >= 4 is 64.3 Å². The van der Waals surface area contributed by atoms with E-state index in [-0.39, 0.29) is 32.1 Å². The zero-order valence-electron chi connectivity index (χ0n) is 31.7. The SMILES string of the molecule is COC(=O)C(CCC(N)=O)NC(=O)C(CCSC)NC(=O)CNC(=O)C(Cc1ccccc1)NC(=O)C(Cc1c[nH]c2ccccc12)NC(=O)OC(C)(C)C. The molecule has 1 heterocycles. The van der Waals surface area contributed by atoms with Gasteiger partial charge in [-0.25, -0.2) is 9.59 Å². The lowest BCUT2D eigenvalue weighted by Gasteiger charge is -2.25. The van der Waals surface area contributed by atoms with E-state index in [2.05, 4.69) is 31.6 Å². The number of fused-ring (bicyclic) bond motifs is 1. The van der Waals surface area contributed by atoms with Gasteiger partial charge in [0.1, 0.15) is 29.8 Å². The highest BCUT2D eigenvalue weighted by molar-refractivity contribution is 7.98. The van der Waals surface area contributed by atoms with E-state index in [4.69, 9.17) is 15.2 Å². The Bertz CT molecular complexity index is 1800. The van der Waals surface area contributed by atoms with Crippen LogP contribution >= 0.6 is 11.8 Å². The van der Waals surface area contributed by atoms with Crippen molar-refractivity contribution in [3.05, 3.63) is 71.9 Å². The lowest BCUT2D eigenvalue weighted by Crippen LogP contribution is -2.57. The van der Waals surface area contributed by atoms with Gasteiger partial charge in [0.2, 0.25) is 29.5 Å². The molecular weight excluding hydrogens is 731 g/mol. The summed E-state index contributed by atoms with van der Waals surface area (Å²) in [7, 11) is 1.14. The largest absolute Gasteiger partial charge is 0.467 e. The lowest BCUT2D eigenvalue weighted by molar-refractivity contribution is -0.145. The molecular formula is C38H51N7O9S. The molecule has 4 atom stereocenters. The average molecular weight is 782 g/mol. The Hall–Kier alpha value is -5.58. The Morgan fingerprint density at radius 2 is 1.42 bits per heavy atom. The molecule has 0 radical (unpaired) electrons. The maximum absolute atomic E-state index is 14.0. The summed E-state index contributed by atoms with van der Waals surface area (Å²) in [6.45, 7) is 4.53. The number of nitrogens with two attached hydrogens (primary N) is 1. The highest BCUT2D eigenvalue weighted by atomic mass is 32.2. The van der Waals surface area contributed by atoms with Crippen molar-refractivity contribution in [1.82, 2.24) is 31.6 Å². The fraction of sp³-hybridized carbons (Fsp3) is 0.447. The van der Waals surface area contributed by atoms with Gasteiger partial charge in [0.05, 0.1) is 13.7 Å². The van der Waals surface area contributed by atoms with Gasteiger partial charge in [-0.2, -0.15) is 11.8 Å². The topological polar surface area (TPSA) is 240 Å². The second kappa shape index (κ2) is 21.3. The molecule has 0 saturated heterocycles. The minimum Gasteiger partial charge on any atom is -0.467 e. The summed E-state index contributed by atoms with van der Waals surface area (Å²) in [6, 6.07) is 11.8. The molecule has 6 amide bonds. The van der Waals surface area contributed by atoms with E-state index in [1.807, 2.05) is 30.5 Å². The first-order valence-corrected chi connectivity index (χ1v) is 19.1. The number of aromatic nitrogens is 1. The summed E-state index contributed by atoms with van der Waals surface area (Å²) in [6.07, 6.45) is 2.76. The number of para-hydroxylation sites is 1. The highest BCUT2D eigenvalue weighted by Gasteiger charge is 2.31. The third-order valence-electron chi connectivity index (χ3n) is 8.19. The number of esters is 1. The Balaban J connectivity index is 1.77. The van der Waals surface area contributed by atoms with Gasteiger partial charge in [-0.05, 0) is 62.8 Å². The number of primary amides is 1. The van der Waals surface area contributed by atoms with Crippen molar-refractivity contribution in [3.8, 4) is 0 Å². The van der Waals surface area contributed by atoms with Crippen molar-refractivity contribution in [2.24, 2.45) is 5.73 Å². The Kier molecular flexibility index (Phi) is 17.0. The van der Waals surface area contributed by atoms with Crippen LogP contribution in [0.25, 0.3) is 10.9 Å². The summed E-state index contributed by atoms with van der Waals surface area (Å²) in [5, 5.41) is 13.9. The van der Waals surface area contributed by atoms with Crippen LogP contribution in [0.2, 0.25) is 0 Å². The Labute approximate surface area is 324 Å². The standard InChI is InChI=1S/C38H51N7O9S/c1-38(2,3)54-37(52)45-30(20-24-21-40-26-14-10-9-13-25(24)26)35(50)44-29(19-23-11-7-6-8-12-23)33(48)41-22-32(47)42-27(17-18-55-5)34(49)43-28(36(51)53-4)15-16-31(39)46/h6-14,21,27-30,40H,15-20,22H2,1-5H3,(H2,39,46)(H,41,48)(H,42,47)(H,43,49)(H,44,50)(H,45,52). The summed E-state index contributed by atoms with van der Waals surface area (Å²) in [5.74, 6) is -3.75. The molecule has 8 N–H and O–H groups in total. The number of nitrogens with one attached hydrogen (secondary N) is 6. The van der Waals surface area contributed by atoms with Crippen molar-refractivity contribution < 1.29 is 43.0 Å². The first kappa shape index (κ1) is 43.8. The van der Waals surface area contributed by atoms with Crippen LogP contribution in [0.5, 0.6) is 0 Å². The first-order valence-electron chi connectivity index (χ1n) is 17.7. The summed E-state index contributed by atoms with van der Waals surface area (Å²) in [5.41, 5.74) is 6.67. The van der Waals surface area contributed by atoms with Crippen molar-refractivity contribution in [3.63, 3.8) is 0 Å². The number of hydrogen-bond acceptors (Lipinski definition) is 10. The molecule has 1 aromatic heterocycles. The van der Waals surface area contributed by atoms with Crippen molar-refractivity contribution in [2.75, 3.05) is 25.7 Å². The van der Waals surface area contributed by atoms with Gasteiger partial charge < -0.3 is 46.8 Å². The van der Waals surface area contributed by atoms with E-state index in [0.29, 0.717) is 11.3 Å². The predicted octanol–water partition coefficient (Wildman–Crippen LogP) is 1.61. The maximum Gasteiger partial charge on any atom is 0.408 e. The Morgan fingerprint density at radius 1 is 0.782 bits per heavy atom. The van der Waals surface area contributed by atoms with E-state index in [1.165, 1.54) is 11.8 Å². The number of amides is 6. The fourth-order valence-electron chi connectivity index (χ4n) is 5.50. The van der Waals surface area contributed by atoms with Gasteiger partial charge in [0.25, 0.3) is 0 Å². The molecule has 0 spiro atoms. The number of alkyl carbamates (subject to hydrolysis) is 1. The molecule has 2 aromatic carbocycles. The van der Waals surface area contributed by atoms with E-state index >= 15 is 0 Å². The van der Waals surface area contributed by atoms with Crippen LogP contribution in [0, 0.1) is 0 Å². The molecule has 0 bridgehead atoms. The van der Waals surface area contributed by atoms with Crippen LogP contribution in [-0.2, 0) is 51.1 Å². The van der Waals surface area contributed by atoms with E-state index < -0.39 is 77.9 Å². The predicted molar refractivity (Wildman–Crippen MR) is 208 cm³/mol. The number of rotatable bonds is 20. The van der Waals surface area contributed by atoms with Crippen LogP contribution in [0.1, 0.15) is 51.2 Å². The maximum atomic E-state index is 14.0. The zero-order valence-corrected chi connectivity index (χ0v) is 32.5. The van der Waals surface area contributed by atoms with Gasteiger partial charge in [0.15, 0.2) is 0 Å². The van der Waals surface area contributed by atoms with Gasteiger partial charge >= 0.3 is 12.1 Å². The Morgan fingerprint density at radius 3 is 2.07 bits per heavy atom. The third kappa shape index (κ3) is 15.0. The van der Waals surface area contributed by atoms with Gasteiger partial charge in [-0.15, -0.1) is 0 Å².